The molecule has 10 heteroatoms. The zero-order chi connectivity index (χ0) is 23.4. The van der Waals surface area contributed by atoms with E-state index in [1.54, 1.807) is 6.20 Å². The van der Waals surface area contributed by atoms with Crippen molar-refractivity contribution < 1.29 is 13.2 Å². The minimum atomic E-state index is -4.38. The molecule has 1 aliphatic rings. The summed E-state index contributed by atoms with van der Waals surface area (Å²) in [6.45, 7) is 5.90. The number of alkyl halides is 3. The number of nitrogens with two attached hydrogens (primary N) is 1. The van der Waals surface area contributed by atoms with Crippen LogP contribution in [-0.4, -0.2) is 39.2 Å². The third kappa shape index (κ3) is 5.39. The average molecular weight is 455 g/mol. The molecular weight excluding hydrogens is 431 g/mol. The van der Waals surface area contributed by atoms with E-state index in [1.165, 1.54) is 30.9 Å². The summed E-state index contributed by atoms with van der Waals surface area (Å²) in [5, 5.41) is 3.17. The average Bonchev–Trinajstić information content (AvgIpc) is 2.80. The maximum atomic E-state index is 13.0. The fourth-order valence-corrected chi connectivity index (χ4v) is 3.85. The second-order valence-corrected chi connectivity index (χ2v) is 7.81. The first kappa shape index (κ1) is 22.5. The molecule has 3 aromatic rings. The highest BCUT2D eigenvalue weighted by Gasteiger charge is 2.29. The molecule has 172 valence electrons. The van der Waals surface area contributed by atoms with E-state index in [1.807, 2.05) is 12.1 Å². The largest absolute Gasteiger partial charge is 0.393 e. The number of halogens is 3. The van der Waals surface area contributed by atoms with Crippen LogP contribution in [0.25, 0.3) is 17.1 Å². The Balaban J connectivity index is 1.63. The van der Waals surface area contributed by atoms with E-state index in [9.17, 15) is 13.2 Å². The number of nitrogens with one attached hydrogen (secondary N) is 1. The van der Waals surface area contributed by atoms with E-state index in [0.717, 1.165) is 31.6 Å². The van der Waals surface area contributed by atoms with Gasteiger partial charge in [-0.15, -0.1) is 0 Å². The second kappa shape index (κ2) is 9.43. The highest BCUT2D eigenvalue weighted by Crippen LogP contribution is 2.31. The van der Waals surface area contributed by atoms with Crippen LogP contribution < -0.4 is 16.0 Å². The summed E-state index contributed by atoms with van der Waals surface area (Å²) in [5.74, 6) is 0.701. The Morgan fingerprint density at radius 3 is 2.55 bits per heavy atom. The van der Waals surface area contributed by atoms with E-state index >= 15 is 0 Å². The van der Waals surface area contributed by atoms with Crippen molar-refractivity contribution in [2.45, 2.75) is 31.9 Å². The van der Waals surface area contributed by atoms with Crippen LogP contribution in [-0.2, 0) is 6.42 Å². The van der Waals surface area contributed by atoms with Crippen molar-refractivity contribution in [2.75, 3.05) is 29.0 Å². The van der Waals surface area contributed by atoms with E-state index < -0.39 is 12.6 Å². The second-order valence-electron chi connectivity index (χ2n) is 7.81. The van der Waals surface area contributed by atoms with Crippen molar-refractivity contribution in [3.05, 3.63) is 60.7 Å². The van der Waals surface area contributed by atoms with Crippen LogP contribution in [0.15, 0.2) is 49.4 Å². The SMILES string of the molecule is C=C(Nc1ncccc1N1CCCCC1)c1nc(-c2ncccc2CC(F)(F)F)cnc1N. The highest BCUT2D eigenvalue weighted by atomic mass is 19.4. The van der Waals surface area contributed by atoms with Crippen molar-refractivity contribution in [1.29, 1.82) is 0 Å². The van der Waals surface area contributed by atoms with Crippen LogP contribution in [0.4, 0.5) is 30.5 Å². The maximum Gasteiger partial charge on any atom is 0.393 e. The minimum Gasteiger partial charge on any atom is -0.382 e. The molecule has 0 bridgehead atoms. The number of nitrogen functional groups attached to an aromatic ring is 1. The Hall–Kier alpha value is -3.69. The third-order valence-corrected chi connectivity index (χ3v) is 5.36. The van der Waals surface area contributed by atoms with Crippen LogP contribution in [0.3, 0.4) is 0 Å². The molecule has 0 spiro atoms. The maximum absolute atomic E-state index is 13.0. The number of aromatic nitrogens is 4. The van der Waals surface area contributed by atoms with Gasteiger partial charge in [0.05, 0.1) is 29.7 Å². The van der Waals surface area contributed by atoms with Gasteiger partial charge in [-0.2, -0.15) is 13.2 Å². The molecule has 4 rings (SSSR count). The lowest BCUT2D eigenvalue weighted by Crippen LogP contribution is -2.30. The molecule has 0 aliphatic carbocycles. The lowest BCUT2D eigenvalue weighted by Gasteiger charge is -2.30. The van der Waals surface area contributed by atoms with Crippen molar-refractivity contribution in [3.8, 4) is 11.4 Å². The fraction of sp³-hybridized carbons (Fsp3) is 0.304. The van der Waals surface area contributed by atoms with E-state index in [2.05, 4.69) is 36.7 Å². The molecule has 0 amide bonds. The molecule has 4 heterocycles. The van der Waals surface area contributed by atoms with Gasteiger partial charge in [0.1, 0.15) is 11.4 Å². The number of pyridine rings is 2. The molecule has 0 saturated carbocycles. The van der Waals surface area contributed by atoms with E-state index in [4.69, 9.17) is 5.73 Å². The molecule has 1 aliphatic heterocycles. The number of hydrogen-bond acceptors (Lipinski definition) is 7. The van der Waals surface area contributed by atoms with Crippen molar-refractivity contribution >= 4 is 23.0 Å². The molecular formula is C23H24F3N7. The lowest BCUT2D eigenvalue weighted by molar-refractivity contribution is -0.127. The van der Waals surface area contributed by atoms with Gasteiger partial charge < -0.3 is 16.0 Å². The molecule has 7 nitrogen and oxygen atoms in total. The first-order valence-electron chi connectivity index (χ1n) is 10.6. The summed E-state index contributed by atoms with van der Waals surface area (Å²) in [6.07, 6.45) is 2.33. The predicted molar refractivity (Wildman–Crippen MR) is 122 cm³/mol. The minimum absolute atomic E-state index is 0.00528. The van der Waals surface area contributed by atoms with Crippen LogP contribution in [0.1, 0.15) is 30.5 Å². The smallest absolute Gasteiger partial charge is 0.382 e. The third-order valence-electron chi connectivity index (χ3n) is 5.36. The van der Waals surface area contributed by atoms with Crippen molar-refractivity contribution in [3.63, 3.8) is 0 Å². The normalized spacial score (nSPS) is 14.2. The molecule has 0 aromatic carbocycles. The standard InChI is InChI=1S/C23H24F3N7/c1-15(31-22-18(8-6-10-29-22)33-11-3-2-4-12-33)19-21(27)30-14-17(32-19)20-16(7-5-9-28-20)13-23(24,25)26/h5-10,14H,1-4,11-13H2,(H2,27,30)(H,29,31). The summed E-state index contributed by atoms with van der Waals surface area (Å²) >= 11 is 0. The molecule has 3 N–H and O–H groups in total. The Labute approximate surface area is 189 Å². The summed E-state index contributed by atoms with van der Waals surface area (Å²) in [7, 11) is 0. The number of nitrogens with zero attached hydrogens (tertiary/aromatic N) is 5. The van der Waals surface area contributed by atoms with Gasteiger partial charge in [-0.1, -0.05) is 12.6 Å². The first-order chi connectivity index (χ1) is 15.8. The van der Waals surface area contributed by atoms with Gasteiger partial charge in [0.25, 0.3) is 0 Å². The predicted octanol–water partition coefficient (Wildman–Crippen LogP) is 4.69. The topological polar surface area (TPSA) is 92.9 Å². The molecule has 0 radical (unpaired) electrons. The number of anilines is 3. The zero-order valence-corrected chi connectivity index (χ0v) is 17.9. The Morgan fingerprint density at radius 2 is 1.79 bits per heavy atom. The molecule has 33 heavy (non-hydrogen) atoms. The Morgan fingerprint density at radius 1 is 1.06 bits per heavy atom. The summed E-state index contributed by atoms with van der Waals surface area (Å²) in [6, 6.07) is 6.69. The van der Waals surface area contributed by atoms with Crippen LogP contribution in [0.5, 0.6) is 0 Å². The molecule has 0 unspecified atom stereocenters. The van der Waals surface area contributed by atoms with E-state index in [0.29, 0.717) is 11.5 Å². The molecule has 3 aromatic heterocycles. The summed E-state index contributed by atoms with van der Waals surface area (Å²) in [4.78, 5) is 19.4. The van der Waals surface area contributed by atoms with Crippen LogP contribution >= 0.6 is 0 Å². The number of piperidine rings is 1. The van der Waals surface area contributed by atoms with Gasteiger partial charge >= 0.3 is 6.18 Å². The quantitative estimate of drug-likeness (QED) is 0.557. The Kier molecular flexibility index (Phi) is 6.43. The lowest BCUT2D eigenvalue weighted by atomic mass is 10.1. The van der Waals surface area contributed by atoms with Gasteiger partial charge in [0, 0.05) is 25.5 Å². The van der Waals surface area contributed by atoms with Crippen molar-refractivity contribution in [1.82, 2.24) is 19.9 Å². The van der Waals surface area contributed by atoms with Gasteiger partial charge in [-0.25, -0.2) is 15.0 Å². The first-order valence-corrected chi connectivity index (χ1v) is 10.6. The molecule has 0 atom stereocenters. The highest BCUT2D eigenvalue weighted by molar-refractivity contribution is 5.82. The van der Waals surface area contributed by atoms with Crippen LogP contribution in [0.2, 0.25) is 0 Å². The zero-order valence-electron chi connectivity index (χ0n) is 17.9. The summed E-state index contributed by atoms with van der Waals surface area (Å²) in [5.41, 5.74) is 7.83. The van der Waals surface area contributed by atoms with Gasteiger partial charge in [-0.3, -0.25) is 4.98 Å². The molecule has 1 fully saturated rings. The van der Waals surface area contributed by atoms with Gasteiger partial charge in [0.15, 0.2) is 11.6 Å². The monoisotopic (exact) mass is 455 g/mol. The fourth-order valence-electron chi connectivity index (χ4n) is 3.85. The van der Waals surface area contributed by atoms with Crippen LogP contribution in [0, 0.1) is 0 Å². The van der Waals surface area contributed by atoms with Crippen molar-refractivity contribution in [2.24, 2.45) is 0 Å². The number of hydrogen-bond donors (Lipinski definition) is 2. The van der Waals surface area contributed by atoms with E-state index in [-0.39, 0.29) is 28.5 Å². The Bertz CT molecular complexity index is 1140. The summed E-state index contributed by atoms with van der Waals surface area (Å²) < 4.78 is 39.1. The molecule has 1 saturated heterocycles. The van der Waals surface area contributed by atoms with Gasteiger partial charge in [-0.05, 0) is 43.0 Å². The number of rotatable bonds is 6. The van der Waals surface area contributed by atoms with Gasteiger partial charge in [0.2, 0.25) is 0 Å².